The van der Waals surface area contributed by atoms with Gasteiger partial charge in [0.1, 0.15) is 0 Å². The van der Waals surface area contributed by atoms with Crippen LogP contribution < -0.4 is 0 Å². The summed E-state index contributed by atoms with van der Waals surface area (Å²) in [5, 5.41) is 4.47. The Balaban J connectivity index is 1.54. The van der Waals surface area contributed by atoms with Crippen molar-refractivity contribution in [2.75, 3.05) is 26.7 Å². The average Bonchev–Trinajstić information content (AvgIpc) is 2.93. The van der Waals surface area contributed by atoms with Crippen LogP contribution in [0.15, 0.2) is 36.4 Å². The minimum absolute atomic E-state index is 0.260. The van der Waals surface area contributed by atoms with Gasteiger partial charge in [-0.15, -0.1) is 0 Å². The summed E-state index contributed by atoms with van der Waals surface area (Å²) in [4.78, 5) is 17.0. The molecule has 5 nitrogen and oxygen atoms in total. The summed E-state index contributed by atoms with van der Waals surface area (Å²) < 4.78 is 2.00. The van der Waals surface area contributed by atoms with Gasteiger partial charge in [0, 0.05) is 38.3 Å². The molecule has 1 atom stereocenters. The van der Waals surface area contributed by atoms with Crippen molar-refractivity contribution in [2.45, 2.75) is 39.3 Å². The monoisotopic (exact) mass is 340 g/mol. The first-order valence-electron chi connectivity index (χ1n) is 9.08. The van der Waals surface area contributed by atoms with Crippen LogP contribution in [0.3, 0.4) is 0 Å². The first-order chi connectivity index (χ1) is 12.0. The first-order valence-corrected chi connectivity index (χ1v) is 9.08. The van der Waals surface area contributed by atoms with Gasteiger partial charge in [0.15, 0.2) is 0 Å². The third kappa shape index (κ3) is 4.28. The van der Waals surface area contributed by atoms with Gasteiger partial charge >= 0.3 is 0 Å². The van der Waals surface area contributed by atoms with Gasteiger partial charge < -0.3 is 4.90 Å². The van der Waals surface area contributed by atoms with Crippen LogP contribution in [0.4, 0.5) is 0 Å². The zero-order valence-electron chi connectivity index (χ0n) is 15.5. The fourth-order valence-electron chi connectivity index (χ4n) is 3.57. The van der Waals surface area contributed by atoms with Gasteiger partial charge in [-0.1, -0.05) is 30.3 Å². The van der Waals surface area contributed by atoms with Crippen LogP contribution in [0, 0.1) is 13.8 Å². The highest BCUT2D eigenvalue weighted by molar-refractivity contribution is 5.76. The summed E-state index contributed by atoms with van der Waals surface area (Å²) in [5.41, 5.74) is 3.48. The number of benzene rings is 1. The molecule has 2 aromatic rings. The Labute approximate surface area is 150 Å². The third-order valence-corrected chi connectivity index (χ3v) is 5.05. The largest absolute Gasteiger partial charge is 0.339 e. The Morgan fingerprint density at radius 2 is 1.96 bits per heavy atom. The minimum Gasteiger partial charge on any atom is -0.339 e. The number of likely N-dealkylation sites (N-methyl/N-ethyl adjacent to an activating group) is 1. The van der Waals surface area contributed by atoms with Crippen LogP contribution >= 0.6 is 0 Å². The molecule has 0 bridgehead atoms. The van der Waals surface area contributed by atoms with Crippen molar-refractivity contribution in [3.8, 4) is 0 Å². The fraction of sp³-hybridized carbons (Fsp3) is 0.500. The Bertz CT molecular complexity index is 710. The molecule has 1 fully saturated rings. The lowest BCUT2D eigenvalue weighted by molar-refractivity contribution is -0.134. The van der Waals surface area contributed by atoms with Gasteiger partial charge in [0.05, 0.1) is 11.7 Å². The van der Waals surface area contributed by atoms with Gasteiger partial charge in [-0.25, -0.2) is 0 Å². The van der Waals surface area contributed by atoms with E-state index in [0.717, 1.165) is 44.0 Å². The number of amides is 1. The zero-order chi connectivity index (χ0) is 17.8. The predicted molar refractivity (Wildman–Crippen MR) is 99.3 cm³/mol. The number of piperazine rings is 1. The van der Waals surface area contributed by atoms with E-state index in [1.54, 1.807) is 0 Å². The number of aromatic nitrogens is 2. The van der Waals surface area contributed by atoms with Crippen LogP contribution in [0.2, 0.25) is 0 Å². The summed E-state index contributed by atoms with van der Waals surface area (Å²) in [6.07, 6.45) is 1.42. The Kier molecular flexibility index (Phi) is 5.53. The Morgan fingerprint density at radius 3 is 2.64 bits per heavy atom. The van der Waals surface area contributed by atoms with Crippen LogP contribution in [-0.2, 0) is 11.3 Å². The predicted octanol–water partition coefficient (Wildman–Crippen LogP) is 2.80. The SMILES string of the molecule is Cc1cc(C)n(CCCC(=O)N2CCN(C)C(c3ccccc3)C2)n1. The normalized spacial score (nSPS) is 18.5. The molecular formula is C20H28N4O. The molecule has 134 valence electrons. The maximum atomic E-state index is 12.6. The van der Waals surface area contributed by atoms with Crippen molar-refractivity contribution in [3.63, 3.8) is 0 Å². The van der Waals surface area contributed by atoms with Gasteiger partial charge in [0.25, 0.3) is 0 Å². The fourth-order valence-corrected chi connectivity index (χ4v) is 3.57. The molecule has 1 aromatic carbocycles. The highest BCUT2D eigenvalue weighted by Gasteiger charge is 2.27. The van der Waals surface area contributed by atoms with Gasteiger partial charge in [-0.2, -0.15) is 5.10 Å². The lowest BCUT2D eigenvalue weighted by atomic mass is 10.0. The highest BCUT2D eigenvalue weighted by Crippen LogP contribution is 2.24. The van der Waals surface area contributed by atoms with Gasteiger partial charge in [-0.05, 0) is 38.9 Å². The highest BCUT2D eigenvalue weighted by atomic mass is 16.2. The van der Waals surface area contributed by atoms with Crippen molar-refractivity contribution in [1.29, 1.82) is 0 Å². The lowest BCUT2D eigenvalue weighted by Gasteiger charge is -2.39. The minimum atomic E-state index is 0.260. The van der Waals surface area contributed by atoms with Crippen LogP contribution in [-0.4, -0.2) is 52.2 Å². The van der Waals surface area contributed by atoms with E-state index in [1.165, 1.54) is 5.56 Å². The van der Waals surface area contributed by atoms with E-state index >= 15 is 0 Å². The number of nitrogens with zero attached hydrogens (tertiary/aromatic N) is 4. The molecule has 5 heteroatoms. The summed E-state index contributed by atoms with van der Waals surface area (Å²) in [6.45, 7) is 7.39. The molecule has 1 aliphatic rings. The van der Waals surface area contributed by atoms with E-state index in [2.05, 4.69) is 54.3 Å². The average molecular weight is 340 g/mol. The second-order valence-electron chi connectivity index (χ2n) is 7.00. The van der Waals surface area contributed by atoms with E-state index < -0.39 is 0 Å². The van der Waals surface area contributed by atoms with Crippen molar-refractivity contribution < 1.29 is 4.79 Å². The molecule has 1 aliphatic heterocycles. The standard InChI is InChI=1S/C20H28N4O/c1-16-14-17(2)24(21-16)11-7-10-20(25)23-13-12-22(3)19(15-23)18-8-5-4-6-9-18/h4-6,8-9,14,19H,7,10-13,15H2,1-3H3. The van der Waals surface area contributed by atoms with Crippen molar-refractivity contribution in [3.05, 3.63) is 53.3 Å². The van der Waals surface area contributed by atoms with Crippen LogP contribution in [0.1, 0.15) is 35.8 Å². The van der Waals surface area contributed by atoms with E-state index in [1.807, 2.05) is 22.6 Å². The topological polar surface area (TPSA) is 41.4 Å². The molecule has 1 saturated heterocycles. The number of hydrogen-bond donors (Lipinski definition) is 0. The quantitative estimate of drug-likeness (QED) is 0.840. The molecule has 0 aliphatic carbocycles. The molecule has 2 heterocycles. The number of hydrogen-bond acceptors (Lipinski definition) is 3. The van der Waals surface area contributed by atoms with E-state index in [0.29, 0.717) is 6.42 Å². The maximum Gasteiger partial charge on any atom is 0.222 e. The molecule has 1 unspecified atom stereocenters. The summed E-state index contributed by atoms with van der Waals surface area (Å²) in [6, 6.07) is 12.8. The molecule has 1 amide bonds. The Hall–Kier alpha value is -2.14. The van der Waals surface area contributed by atoms with Crippen molar-refractivity contribution in [2.24, 2.45) is 0 Å². The van der Waals surface area contributed by atoms with Crippen molar-refractivity contribution >= 4 is 5.91 Å². The summed E-state index contributed by atoms with van der Waals surface area (Å²) in [7, 11) is 2.14. The maximum absolute atomic E-state index is 12.6. The van der Waals surface area contributed by atoms with Gasteiger partial charge in [-0.3, -0.25) is 14.4 Å². The number of aryl methyl sites for hydroxylation is 3. The smallest absolute Gasteiger partial charge is 0.222 e. The summed E-state index contributed by atoms with van der Waals surface area (Å²) >= 11 is 0. The number of carbonyl (C=O) groups excluding carboxylic acids is 1. The zero-order valence-corrected chi connectivity index (χ0v) is 15.5. The molecular weight excluding hydrogens is 312 g/mol. The number of carbonyl (C=O) groups is 1. The Morgan fingerprint density at radius 1 is 1.20 bits per heavy atom. The van der Waals surface area contributed by atoms with Crippen molar-refractivity contribution in [1.82, 2.24) is 19.6 Å². The van der Waals surface area contributed by atoms with E-state index in [4.69, 9.17) is 0 Å². The summed E-state index contributed by atoms with van der Waals surface area (Å²) in [5.74, 6) is 0.260. The van der Waals surface area contributed by atoms with Gasteiger partial charge in [0.2, 0.25) is 5.91 Å². The van der Waals surface area contributed by atoms with Crippen LogP contribution in [0.25, 0.3) is 0 Å². The molecule has 0 spiro atoms. The lowest BCUT2D eigenvalue weighted by Crippen LogP contribution is -2.49. The van der Waals surface area contributed by atoms with E-state index in [9.17, 15) is 4.79 Å². The molecule has 0 saturated carbocycles. The van der Waals surface area contributed by atoms with Crippen LogP contribution in [0.5, 0.6) is 0 Å². The molecule has 1 aromatic heterocycles. The number of rotatable bonds is 5. The molecule has 0 N–H and O–H groups in total. The molecule has 25 heavy (non-hydrogen) atoms. The second kappa shape index (κ2) is 7.83. The van der Waals surface area contributed by atoms with E-state index in [-0.39, 0.29) is 11.9 Å². The molecule has 0 radical (unpaired) electrons. The third-order valence-electron chi connectivity index (χ3n) is 5.05. The second-order valence-corrected chi connectivity index (χ2v) is 7.00. The first kappa shape index (κ1) is 17.7. The molecule has 3 rings (SSSR count).